The molecule has 0 amide bonds. The van der Waals surface area contributed by atoms with E-state index in [0.29, 0.717) is 18.6 Å². The average Bonchev–Trinajstić information content (AvgIpc) is 2.18. The highest BCUT2D eigenvalue weighted by Gasteiger charge is 2.28. The number of hydrogen-bond acceptors (Lipinski definition) is 2. The van der Waals surface area contributed by atoms with E-state index in [1.165, 1.54) is 5.56 Å². The Labute approximate surface area is 98.9 Å². The second-order valence-electron chi connectivity index (χ2n) is 4.10. The number of halogens is 1. The summed E-state index contributed by atoms with van der Waals surface area (Å²) in [6, 6.07) is 8.18. The molecular formula is C12H16BrNO. The molecule has 2 N–H and O–H groups in total. The fourth-order valence-corrected chi connectivity index (χ4v) is 2.23. The lowest BCUT2D eigenvalue weighted by molar-refractivity contribution is -0.0377. The van der Waals surface area contributed by atoms with E-state index in [-0.39, 0.29) is 0 Å². The summed E-state index contributed by atoms with van der Waals surface area (Å²) in [7, 11) is 0. The normalized spacial score (nSPS) is 24.9. The van der Waals surface area contributed by atoms with Crippen molar-refractivity contribution in [3.63, 3.8) is 0 Å². The predicted molar refractivity (Wildman–Crippen MR) is 64.5 cm³/mol. The maximum Gasteiger partial charge on any atom is 0.0731 e. The zero-order valence-electron chi connectivity index (χ0n) is 8.66. The molecule has 0 atom stereocenters. The molecule has 1 aromatic rings. The van der Waals surface area contributed by atoms with E-state index < -0.39 is 0 Å². The number of hydrogen-bond donors (Lipinski definition) is 1. The fraction of sp³-hybridized carbons (Fsp3) is 0.500. The molecule has 0 aromatic heterocycles. The first-order chi connectivity index (χ1) is 7.29. The lowest BCUT2D eigenvalue weighted by Crippen LogP contribution is -2.35. The van der Waals surface area contributed by atoms with Gasteiger partial charge in [0.15, 0.2) is 0 Å². The minimum absolute atomic E-state index is 0.422. The SMILES string of the molecule is NCC1CC(OCc2ccccc2Br)C1. The van der Waals surface area contributed by atoms with Gasteiger partial charge in [-0.1, -0.05) is 34.1 Å². The van der Waals surface area contributed by atoms with Gasteiger partial charge in [-0.2, -0.15) is 0 Å². The topological polar surface area (TPSA) is 35.2 Å². The second kappa shape index (κ2) is 5.10. The third-order valence-corrected chi connectivity index (χ3v) is 3.73. The van der Waals surface area contributed by atoms with Gasteiger partial charge >= 0.3 is 0 Å². The molecule has 1 saturated carbocycles. The molecule has 82 valence electrons. The van der Waals surface area contributed by atoms with Crippen molar-refractivity contribution in [3.05, 3.63) is 34.3 Å². The maximum absolute atomic E-state index is 5.79. The van der Waals surface area contributed by atoms with E-state index >= 15 is 0 Å². The Morgan fingerprint density at radius 2 is 2.07 bits per heavy atom. The molecule has 0 unspecified atom stereocenters. The van der Waals surface area contributed by atoms with Crippen LogP contribution in [0.5, 0.6) is 0 Å². The molecule has 1 aliphatic carbocycles. The Bertz CT molecular complexity index is 323. The molecule has 1 fully saturated rings. The molecule has 0 spiro atoms. The largest absolute Gasteiger partial charge is 0.373 e. The van der Waals surface area contributed by atoms with Crippen LogP contribution in [-0.2, 0) is 11.3 Å². The minimum Gasteiger partial charge on any atom is -0.373 e. The van der Waals surface area contributed by atoms with Crippen LogP contribution in [0.3, 0.4) is 0 Å². The quantitative estimate of drug-likeness (QED) is 0.913. The predicted octanol–water partition coefficient (Wildman–Crippen LogP) is 2.70. The monoisotopic (exact) mass is 269 g/mol. The Hall–Kier alpha value is -0.380. The van der Waals surface area contributed by atoms with Gasteiger partial charge in [0.1, 0.15) is 0 Å². The Morgan fingerprint density at radius 3 is 2.73 bits per heavy atom. The van der Waals surface area contributed by atoms with Crippen LogP contribution in [0.4, 0.5) is 0 Å². The van der Waals surface area contributed by atoms with Crippen molar-refractivity contribution < 1.29 is 4.74 Å². The van der Waals surface area contributed by atoms with Gasteiger partial charge in [-0.25, -0.2) is 0 Å². The summed E-state index contributed by atoms with van der Waals surface area (Å²) in [5, 5.41) is 0. The van der Waals surface area contributed by atoms with Crippen molar-refractivity contribution in [3.8, 4) is 0 Å². The smallest absolute Gasteiger partial charge is 0.0731 e. The van der Waals surface area contributed by atoms with E-state index in [9.17, 15) is 0 Å². The molecule has 0 bridgehead atoms. The first-order valence-electron chi connectivity index (χ1n) is 5.34. The van der Waals surface area contributed by atoms with Crippen LogP contribution in [0, 0.1) is 5.92 Å². The highest BCUT2D eigenvalue weighted by molar-refractivity contribution is 9.10. The molecule has 0 heterocycles. The van der Waals surface area contributed by atoms with Gasteiger partial charge in [0.25, 0.3) is 0 Å². The van der Waals surface area contributed by atoms with Crippen molar-refractivity contribution in [2.24, 2.45) is 11.7 Å². The molecule has 1 aliphatic rings. The van der Waals surface area contributed by atoms with Crippen molar-refractivity contribution >= 4 is 15.9 Å². The molecular weight excluding hydrogens is 254 g/mol. The molecule has 15 heavy (non-hydrogen) atoms. The summed E-state index contributed by atoms with van der Waals surface area (Å²) >= 11 is 3.51. The van der Waals surface area contributed by atoms with Crippen molar-refractivity contribution in [2.75, 3.05) is 6.54 Å². The lowest BCUT2D eigenvalue weighted by atomic mass is 9.82. The molecule has 2 rings (SSSR count). The highest BCUT2D eigenvalue weighted by Crippen LogP contribution is 2.30. The first-order valence-corrected chi connectivity index (χ1v) is 6.14. The van der Waals surface area contributed by atoms with Crippen molar-refractivity contribution in [1.82, 2.24) is 0 Å². The van der Waals surface area contributed by atoms with E-state index in [2.05, 4.69) is 22.0 Å². The molecule has 1 aromatic carbocycles. The van der Waals surface area contributed by atoms with Gasteiger partial charge in [0.2, 0.25) is 0 Å². The summed E-state index contributed by atoms with van der Waals surface area (Å²) in [6.07, 6.45) is 2.67. The summed E-state index contributed by atoms with van der Waals surface area (Å²) in [5.74, 6) is 0.689. The Morgan fingerprint density at radius 1 is 1.33 bits per heavy atom. The molecule has 2 nitrogen and oxygen atoms in total. The van der Waals surface area contributed by atoms with Gasteiger partial charge in [-0.05, 0) is 36.9 Å². The number of nitrogens with two attached hydrogens (primary N) is 1. The number of rotatable bonds is 4. The van der Waals surface area contributed by atoms with Crippen LogP contribution in [0.15, 0.2) is 28.7 Å². The molecule has 3 heteroatoms. The Kier molecular flexibility index (Phi) is 3.78. The van der Waals surface area contributed by atoms with Crippen LogP contribution in [0.1, 0.15) is 18.4 Å². The van der Waals surface area contributed by atoms with E-state index in [4.69, 9.17) is 10.5 Å². The lowest BCUT2D eigenvalue weighted by Gasteiger charge is -2.34. The summed E-state index contributed by atoms with van der Waals surface area (Å²) in [4.78, 5) is 0. The zero-order chi connectivity index (χ0) is 10.7. The number of ether oxygens (including phenoxy) is 1. The summed E-state index contributed by atoms with van der Waals surface area (Å²) in [5.41, 5.74) is 6.78. The van der Waals surface area contributed by atoms with Gasteiger partial charge in [-0.3, -0.25) is 0 Å². The van der Waals surface area contributed by atoms with Gasteiger partial charge < -0.3 is 10.5 Å². The van der Waals surface area contributed by atoms with E-state index in [1.54, 1.807) is 0 Å². The molecule has 0 aliphatic heterocycles. The maximum atomic E-state index is 5.79. The third kappa shape index (κ3) is 2.80. The standard InChI is InChI=1S/C12H16BrNO/c13-12-4-2-1-3-10(12)8-15-11-5-9(6-11)7-14/h1-4,9,11H,5-8,14H2. The summed E-state index contributed by atoms with van der Waals surface area (Å²) < 4.78 is 6.92. The van der Waals surface area contributed by atoms with Crippen LogP contribution in [0.2, 0.25) is 0 Å². The van der Waals surface area contributed by atoms with Crippen LogP contribution < -0.4 is 5.73 Å². The fourth-order valence-electron chi connectivity index (χ4n) is 1.83. The van der Waals surface area contributed by atoms with Crippen molar-refractivity contribution in [1.29, 1.82) is 0 Å². The Balaban J connectivity index is 1.77. The van der Waals surface area contributed by atoms with Gasteiger partial charge in [-0.15, -0.1) is 0 Å². The average molecular weight is 270 g/mol. The van der Waals surface area contributed by atoms with Crippen LogP contribution >= 0.6 is 15.9 Å². The molecule has 0 radical (unpaired) electrons. The highest BCUT2D eigenvalue weighted by atomic mass is 79.9. The number of benzene rings is 1. The first kappa shape index (κ1) is 11.1. The van der Waals surface area contributed by atoms with Gasteiger partial charge in [0, 0.05) is 4.47 Å². The summed E-state index contributed by atoms with van der Waals surface area (Å²) in [6.45, 7) is 1.50. The molecule has 0 saturated heterocycles. The van der Waals surface area contributed by atoms with Crippen LogP contribution in [0.25, 0.3) is 0 Å². The van der Waals surface area contributed by atoms with E-state index in [0.717, 1.165) is 23.9 Å². The van der Waals surface area contributed by atoms with Gasteiger partial charge in [0.05, 0.1) is 12.7 Å². The zero-order valence-corrected chi connectivity index (χ0v) is 10.2. The van der Waals surface area contributed by atoms with Crippen LogP contribution in [-0.4, -0.2) is 12.6 Å². The van der Waals surface area contributed by atoms with Crippen molar-refractivity contribution in [2.45, 2.75) is 25.6 Å². The second-order valence-corrected chi connectivity index (χ2v) is 4.95. The minimum atomic E-state index is 0.422. The van der Waals surface area contributed by atoms with E-state index in [1.807, 2.05) is 18.2 Å². The third-order valence-electron chi connectivity index (χ3n) is 2.96.